The number of aliphatic hydroxyl groups is 4. The van der Waals surface area contributed by atoms with E-state index in [9.17, 15) is 20.1 Å². The maximum absolute atomic E-state index is 10.8. The summed E-state index contributed by atoms with van der Waals surface area (Å²) in [7, 11) is 0. The SMILES string of the molecule is NC(=O)c1ncn([C@@]2(O)O[C@H](CO)[C@@H](O)[C@H]2O)n1. The first-order chi connectivity index (χ1) is 8.40. The normalized spacial score (nSPS) is 35.9. The quantitative estimate of drug-likeness (QED) is 0.368. The number of carbonyl (C=O) groups is 1. The maximum Gasteiger partial charge on any atom is 0.300 e. The van der Waals surface area contributed by atoms with Crippen LogP contribution in [-0.2, 0) is 10.6 Å². The Morgan fingerprint density at radius 2 is 2.28 bits per heavy atom. The van der Waals surface area contributed by atoms with Gasteiger partial charge in [-0.1, -0.05) is 0 Å². The van der Waals surface area contributed by atoms with Crippen LogP contribution in [0, 0.1) is 0 Å². The highest BCUT2D eigenvalue weighted by atomic mass is 16.7. The average Bonchev–Trinajstić information content (AvgIpc) is 2.90. The number of hydrogen-bond donors (Lipinski definition) is 5. The molecule has 6 N–H and O–H groups in total. The van der Waals surface area contributed by atoms with Crippen LogP contribution in [0.1, 0.15) is 10.6 Å². The summed E-state index contributed by atoms with van der Waals surface area (Å²) in [4.78, 5) is 14.3. The number of nitrogens with zero attached hydrogens (tertiary/aromatic N) is 3. The number of nitrogens with two attached hydrogens (primary N) is 1. The van der Waals surface area contributed by atoms with E-state index >= 15 is 0 Å². The summed E-state index contributed by atoms with van der Waals surface area (Å²) in [6.07, 6.45) is -3.56. The molecule has 10 nitrogen and oxygen atoms in total. The lowest BCUT2D eigenvalue weighted by Crippen LogP contribution is -2.46. The van der Waals surface area contributed by atoms with Gasteiger partial charge in [0.15, 0.2) is 6.10 Å². The number of carbonyl (C=O) groups excluding carboxylic acids is 1. The van der Waals surface area contributed by atoms with Crippen molar-refractivity contribution in [3.8, 4) is 0 Å². The van der Waals surface area contributed by atoms with Gasteiger partial charge < -0.3 is 30.9 Å². The zero-order chi connectivity index (χ0) is 13.5. The van der Waals surface area contributed by atoms with Crippen LogP contribution in [-0.4, -0.2) is 66.0 Å². The first-order valence-electron chi connectivity index (χ1n) is 4.99. The number of hydrogen-bond acceptors (Lipinski definition) is 8. The highest BCUT2D eigenvalue weighted by Crippen LogP contribution is 2.32. The number of amides is 1. The lowest BCUT2D eigenvalue weighted by Gasteiger charge is -2.25. The third kappa shape index (κ3) is 1.76. The fraction of sp³-hybridized carbons (Fsp3) is 0.625. The summed E-state index contributed by atoms with van der Waals surface area (Å²) >= 11 is 0. The topological polar surface area (TPSA) is 164 Å². The Balaban J connectivity index is 2.33. The van der Waals surface area contributed by atoms with E-state index in [4.69, 9.17) is 15.6 Å². The van der Waals surface area contributed by atoms with E-state index in [1.807, 2.05) is 0 Å². The minimum Gasteiger partial charge on any atom is -0.394 e. The first kappa shape index (κ1) is 12.9. The fourth-order valence-electron chi connectivity index (χ4n) is 1.65. The van der Waals surface area contributed by atoms with Crippen LogP contribution in [0.15, 0.2) is 6.33 Å². The molecule has 0 radical (unpaired) electrons. The molecule has 1 saturated heterocycles. The molecule has 100 valence electrons. The van der Waals surface area contributed by atoms with Crippen LogP contribution in [0.4, 0.5) is 0 Å². The molecule has 1 amide bonds. The number of rotatable bonds is 3. The molecule has 0 bridgehead atoms. The first-order valence-corrected chi connectivity index (χ1v) is 4.99. The number of aliphatic hydroxyl groups excluding tert-OH is 3. The molecule has 0 aliphatic carbocycles. The van der Waals surface area contributed by atoms with E-state index in [0.717, 1.165) is 6.33 Å². The molecule has 1 aliphatic rings. The Morgan fingerprint density at radius 1 is 1.61 bits per heavy atom. The molecular formula is C8H12N4O6. The van der Waals surface area contributed by atoms with Crippen LogP contribution < -0.4 is 5.73 Å². The number of ether oxygens (including phenoxy) is 1. The zero-order valence-corrected chi connectivity index (χ0v) is 9.04. The zero-order valence-electron chi connectivity index (χ0n) is 9.04. The number of primary amides is 1. The van der Waals surface area contributed by atoms with Crippen molar-refractivity contribution < 1.29 is 30.0 Å². The Bertz CT molecular complexity index is 464. The molecule has 2 rings (SSSR count). The largest absolute Gasteiger partial charge is 0.394 e. The van der Waals surface area contributed by atoms with Crippen molar-refractivity contribution in [2.45, 2.75) is 24.2 Å². The molecule has 0 spiro atoms. The third-order valence-corrected chi connectivity index (χ3v) is 2.63. The van der Waals surface area contributed by atoms with Gasteiger partial charge in [-0.05, 0) is 0 Å². The monoisotopic (exact) mass is 260 g/mol. The third-order valence-electron chi connectivity index (χ3n) is 2.63. The minimum absolute atomic E-state index is 0.388. The van der Waals surface area contributed by atoms with Gasteiger partial charge in [0.1, 0.15) is 18.5 Å². The smallest absolute Gasteiger partial charge is 0.300 e. The van der Waals surface area contributed by atoms with Crippen molar-refractivity contribution in [3.63, 3.8) is 0 Å². The van der Waals surface area contributed by atoms with Crippen molar-refractivity contribution in [1.82, 2.24) is 14.8 Å². The van der Waals surface area contributed by atoms with Crippen molar-refractivity contribution >= 4 is 5.91 Å². The molecule has 4 atom stereocenters. The summed E-state index contributed by atoms with van der Waals surface area (Å²) in [5.74, 6) is -3.74. The van der Waals surface area contributed by atoms with Gasteiger partial charge in [-0.15, -0.1) is 5.10 Å². The second kappa shape index (κ2) is 4.26. The van der Waals surface area contributed by atoms with Gasteiger partial charge in [0.25, 0.3) is 11.8 Å². The van der Waals surface area contributed by atoms with Gasteiger partial charge in [-0.3, -0.25) is 4.79 Å². The van der Waals surface area contributed by atoms with E-state index in [2.05, 4.69) is 10.1 Å². The molecule has 2 heterocycles. The van der Waals surface area contributed by atoms with Crippen LogP contribution in [0.5, 0.6) is 0 Å². The molecule has 0 aromatic carbocycles. The molecule has 1 aliphatic heterocycles. The second-order valence-electron chi connectivity index (χ2n) is 3.81. The molecule has 1 fully saturated rings. The highest BCUT2D eigenvalue weighted by Gasteiger charge is 2.55. The van der Waals surface area contributed by atoms with Gasteiger partial charge in [0.2, 0.25) is 5.82 Å². The Labute approximate surface area is 100 Å². The van der Waals surface area contributed by atoms with E-state index in [0.29, 0.717) is 4.68 Å². The highest BCUT2D eigenvalue weighted by molar-refractivity contribution is 5.88. The van der Waals surface area contributed by atoms with Crippen LogP contribution >= 0.6 is 0 Å². The second-order valence-corrected chi connectivity index (χ2v) is 3.81. The lowest BCUT2D eigenvalue weighted by molar-refractivity contribution is -0.294. The molecule has 1 aromatic heterocycles. The molecule has 0 saturated carbocycles. The minimum atomic E-state index is -2.42. The molecular weight excluding hydrogens is 248 g/mol. The molecule has 10 heteroatoms. The van der Waals surface area contributed by atoms with Gasteiger partial charge in [-0.25, -0.2) is 4.98 Å². The summed E-state index contributed by atoms with van der Waals surface area (Å²) in [6.45, 7) is -0.613. The van der Waals surface area contributed by atoms with Crippen molar-refractivity contribution in [2.75, 3.05) is 6.61 Å². The standard InChI is InChI=1S/C8H12N4O6/c9-6(16)7-10-2-12(11-7)8(17)5(15)4(14)3(1-13)18-8/h2-5,13-15,17H,1H2,(H2,9,16)/t3-,4-,5-,8+/m1/s1. The molecule has 0 unspecified atom stereocenters. The van der Waals surface area contributed by atoms with Gasteiger partial charge >= 0.3 is 0 Å². The Morgan fingerprint density at radius 3 is 2.72 bits per heavy atom. The number of aromatic nitrogens is 3. The summed E-state index contributed by atoms with van der Waals surface area (Å²) < 4.78 is 5.57. The van der Waals surface area contributed by atoms with Crippen molar-refractivity contribution in [3.05, 3.63) is 12.2 Å². The van der Waals surface area contributed by atoms with Crippen LogP contribution in [0.3, 0.4) is 0 Å². The Kier molecular flexibility index (Phi) is 3.04. The maximum atomic E-state index is 10.8. The van der Waals surface area contributed by atoms with Crippen LogP contribution in [0.25, 0.3) is 0 Å². The average molecular weight is 260 g/mol. The summed E-state index contributed by atoms with van der Waals surface area (Å²) in [6, 6.07) is 0. The fourth-order valence-corrected chi connectivity index (χ4v) is 1.65. The molecule has 18 heavy (non-hydrogen) atoms. The van der Waals surface area contributed by atoms with Gasteiger partial charge in [-0.2, -0.15) is 4.68 Å². The van der Waals surface area contributed by atoms with E-state index < -0.39 is 36.7 Å². The van der Waals surface area contributed by atoms with Crippen molar-refractivity contribution in [2.24, 2.45) is 5.73 Å². The summed E-state index contributed by atoms with van der Waals surface area (Å²) in [5, 5.41) is 41.7. The lowest BCUT2D eigenvalue weighted by atomic mass is 10.1. The van der Waals surface area contributed by atoms with Gasteiger partial charge in [0.05, 0.1) is 6.61 Å². The van der Waals surface area contributed by atoms with E-state index in [1.54, 1.807) is 0 Å². The predicted molar refractivity (Wildman–Crippen MR) is 52.7 cm³/mol. The van der Waals surface area contributed by atoms with Gasteiger partial charge in [0, 0.05) is 0 Å². The van der Waals surface area contributed by atoms with E-state index in [1.165, 1.54) is 0 Å². The van der Waals surface area contributed by atoms with Crippen LogP contribution in [0.2, 0.25) is 0 Å². The van der Waals surface area contributed by atoms with E-state index in [-0.39, 0.29) is 5.82 Å². The Hall–Kier alpha value is -1.59. The molecule has 1 aromatic rings. The predicted octanol–water partition coefficient (Wildman–Crippen LogP) is -3.91. The van der Waals surface area contributed by atoms with Crippen molar-refractivity contribution in [1.29, 1.82) is 0 Å². The summed E-state index contributed by atoms with van der Waals surface area (Å²) in [5.41, 5.74) is 4.93.